The molecule has 1 N–H and O–H groups in total. The monoisotopic (exact) mass is 369 g/mol. The Morgan fingerprint density at radius 3 is 2.59 bits per heavy atom. The van der Waals surface area contributed by atoms with Gasteiger partial charge >= 0.3 is 6.09 Å². The first-order chi connectivity index (χ1) is 13.0. The van der Waals surface area contributed by atoms with Crippen LogP contribution in [0.4, 0.5) is 9.18 Å². The van der Waals surface area contributed by atoms with Crippen molar-refractivity contribution in [2.24, 2.45) is 5.92 Å². The lowest BCUT2D eigenvalue weighted by Gasteiger charge is -2.21. The van der Waals surface area contributed by atoms with E-state index < -0.39 is 6.09 Å². The molecular formula is C23H28FNO2. The van der Waals surface area contributed by atoms with Crippen molar-refractivity contribution in [2.45, 2.75) is 39.7 Å². The first kappa shape index (κ1) is 20.7. The minimum absolute atomic E-state index is 0.237. The molecule has 3 nitrogen and oxygen atoms in total. The van der Waals surface area contributed by atoms with Crippen LogP contribution in [0.1, 0.15) is 43.4 Å². The van der Waals surface area contributed by atoms with Gasteiger partial charge in [0.2, 0.25) is 0 Å². The molecule has 1 atom stereocenters. The molecular weight excluding hydrogens is 341 g/mol. The van der Waals surface area contributed by atoms with E-state index in [0.717, 1.165) is 36.0 Å². The third kappa shape index (κ3) is 7.26. The van der Waals surface area contributed by atoms with E-state index in [0.29, 0.717) is 19.0 Å². The van der Waals surface area contributed by atoms with Crippen LogP contribution in [0.3, 0.4) is 0 Å². The largest absolute Gasteiger partial charge is 0.465 e. The molecule has 1 amide bonds. The van der Waals surface area contributed by atoms with Gasteiger partial charge in [-0.15, -0.1) is 0 Å². The van der Waals surface area contributed by atoms with Gasteiger partial charge in [-0.25, -0.2) is 9.18 Å². The Balaban J connectivity index is 1.92. The number of hydrogen-bond donors (Lipinski definition) is 1. The van der Waals surface area contributed by atoms with Crippen LogP contribution in [-0.2, 0) is 13.0 Å². The maximum Gasteiger partial charge on any atom is 0.407 e. The Kier molecular flexibility index (Phi) is 8.05. The third-order valence-electron chi connectivity index (χ3n) is 4.53. The second kappa shape index (κ2) is 10.5. The summed E-state index contributed by atoms with van der Waals surface area (Å²) in [6, 6.07) is 14.5. The highest BCUT2D eigenvalue weighted by atomic mass is 19.1. The normalized spacial score (nSPS) is 12.3. The zero-order valence-electron chi connectivity index (χ0n) is 16.1. The minimum Gasteiger partial charge on any atom is -0.465 e. The van der Waals surface area contributed by atoms with Crippen LogP contribution in [0.25, 0.3) is 6.08 Å². The fraction of sp³-hybridized carbons (Fsp3) is 0.348. The predicted octanol–water partition coefficient (Wildman–Crippen LogP) is 6.00. The average molecular weight is 369 g/mol. The molecule has 0 radical (unpaired) electrons. The Hall–Kier alpha value is -2.62. The van der Waals surface area contributed by atoms with Crippen molar-refractivity contribution in [3.63, 3.8) is 0 Å². The maximum atomic E-state index is 13.0. The van der Waals surface area contributed by atoms with E-state index in [1.54, 1.807) is 12.1 Å². The number of carboxylic acid groups (broad SMARTS) is 1. The van der Waals surface area contributed by atoms with Gasteiger partial charge in [0.15, 0.2) is 0 Å². The van der Waals surface area contributed by atoms with Crippen LogP contribution >= 0.6 is 0 Å². The van der Waals surface area contributed by atoms with Crippen molar-refractivity contribution in [1.29, 1.82) is 0 Å². The van der Waals surface area contributed by atoms with Gasteiger partial charge in [0.25, 0.3) is 0 Å². The number of halogens is 1. The molecule has 2 aromatic carbocycles. The van der Waals surface area contributed by atoms with Crippen molar-refractivity contribution >= 4 is 12.2 Å². The molecule has 27 heavy (non-hydrogen) atoms. The van der Waals surface area contributed by atoms with E-state index in [1.165, 1.54) is 17.0 Å². The summed E-state index contributed by atoms with van der Waals surface area (Å²) < 4.78 is 13.0. The summed E-state index contributed by atoms with van der Waals surface area (Å²) in [5, 5.41) is 9.55. The molecule has 2 aromatic rings. The second-order valence-electron chi connectivity index (χ2n) is 6.98. The van der Waals surface area contributed by atoms with Gasteiger partial charge in [-0.1, -0.05) is 56.3 Å². The highest BCUT2D eigenvalue weighted by molar-refractivity contribution is 5.65. The summed E-state index contributed by atoms with van der Waals surface area (Å²) in [7, 11) is 0. The van der Waals surface area contributed by atoms with Gasteiger partial charge in [0, 0.05) is 13.1 Å². The van der Waals surface area contributed by atoms with Gasteiger partial charge < -0.3 is 10.0 Å². The number of hydrogen-bond acceptors (Lipinski definition) is 1. The summed E-state index contributed by atoms with van der Waals surface area (Å²) in [5.41, 5.74) is 3.15. The van der Waals surface area contributed by atoms with Crippen molar-refractivity contribution in [2.75, 3.05) is 6.54 Å². The summed E-state index contributed by atoms with van der Waals surface area (Å²) in [6.45, 7) is 5.04. The highest BCUT2D eigenvalue weighted by Gasteiger charge is 2.14. The quantitative estimate of drug-likeness (QED) is 0.589. The van der Waals surface area contributed by atoms with Crippen molar-refractivity contribution in [3.8, 4) is 0 Å². The summed E-state index contributed by atoms with van der Waals surface area (Å²) in [4.78, 5) is 13.1. The van der Waals surface area contributed by atoms with Crippen molar-refractivity contribution in [1.82, 2.24) is 4.90 Å². The topological polar surface area (TPSA) is 40.5 Å². The van der Waals surface area contributed by atoms with Crippen molar-refractivity contribution in [3.05, 3.63) is 77.1 Å². The standard InChI is InChI=1S/C23H28FNO2/c1-3-4-6-19-7-5-8-21(16-19)17-25(23(26)27)14-13-18(2)15-20-9-11-22(24)12-10-20/h4-12,16,18H,3,13-15,17H2,1-2H3,(H,26,27)/b6-4+. The van der Waals surface area contributed by atoms with E-state index in [9.17, 15) is 14.3 Å². The molecule has 0 saturated carbocycles. The van der Waals surface area contributed by atoms with Gasteiger partial charge in [0.05, 0.1) is 0 Å². The van der Waals surface area contributed by atoms with Crippen LogP contribution in [-0.4, -0.2) is 22.6 Å². The van der Waals surface area contributed by atoms with Crippen LogP contribution in [0, 0.1) is 11.7 Å². The first-order valence-electron chi connectivity index (χ1n) is 9.45. The summed E-state index contributed by atoms with van der Waals surface area (Å²) >= 11 is 0. The molecule has 0 aliphatic rings. The molecule has 2 rings (SSSR count). The summed E-state index contributed by atoms with van der Waals surface area (Å²) in [6.07, 6.45) is 5.78. The van der Waals surface area contributed by atoms with E-state index in [4.69, 9.17) is 0 Å². The number of benzene rings is 2. The average Bonchev–Trinajstić information content (AvgIpc) is 2.65. The van der Waals surface area contributed by atoms with Crippen LogP contribution < -0.4 is 0 Å². The fourth-order valence-electron chi connectivity index (χ4n) is 3.01. The summed E-state index contributed by atoms with van der Waals surface area (Å²) in [5.74, 6) is 0.0793. The molecule has 0 aliphatic heterocycles. The maximum absolute atomic E-state index is 13.0. The number of allylic oxidation sites excluding steroid dienone is 1. The van der Waals surface area contributed by atoms with E-state index >= 15 is 0 Å². The number of amides is 1. The molecule has 0 spiro atoms. The van der Waals surface area contributed by atoms with Gasteiger partial charge in [-0.3, -0.25) is 0 Å². The lowest BCUT2D eigenvalue weighted by molar-refractivity contribution is 0.139. The zero-order valence-corrected chi connectivity index (χ0v) is 16.1. The molecule has 0 fully saturated rings. The first-order valence-corrected chi connectivity index (χ1v) is 9.45. The molecule has 144 valence electrons. The van der Waals surface area contributed by atoms with Crippen LogP contribution in [0.2, 0.25) is 0 Å². The van der Waals surface area contributed by atoms with Crippen LogP contribution in [0.15, 0.2) is 54.6 Å². The fourth-order valence-corrected chi connectivity index (χ4v) is 3.01. The Morgan fingerprint density at radius 1 is 1.19 bits per heavy atom. The molecule has 4 heteroatoms. The predicted molar refractivity (Wildman–Crippen MR) is 108 cm³/mol. The number of carbonyl (C=O) groups is 1. The molecule has 0 heterocycles. The molecule has 0 bridgehead atoms. The lowest BCUT2D eigenvalue weighted by atomic mass is 9.98. The van der Waals surface area contributed by atoms with Crippen LogP contribution in [0.5, 0.6) is 0 Å². The molecule has 1 unspecified atom stereocenters. The minimum atomic E-state index is -0.904. The number of rotatable bonds is 9. The van der Waals surface area contributed by atoms with E-state index in [2.05, 4.69) is 26.0 Å². The zero-order chi connectivity index (χ0) is 19.6. The van der Waals surface area contributed by atoms with Crippen molar-refractivity contribution < 1.29 is 14.3 Å². The smallest absolute Gasteiger partial charge is 0.407 e. The third-order valence-corrected chi connectivity index (χ3v) is 4.53. The SMILES string of the molecule is CC/C=C/c1cccc(CN(CCC(C)Cc2ccc(F)cc2)C(=O)O)c1. The molecule has 0 saturated heterocycles. The highest BCUT2D eigenvalue weighted by Crippen LogP contribution is 2.15. The second-order valence-corrected chi connectivity index (χ2v) is 6.98. The molecule has 0 aliphatic carbocycles. The Morgan fingerprint density at radius 2 is 1.93 bits per heavy atom. The van der Waals surface area contributed by atoms with E-state index in [1.807, 2.05) is 24.3 Å². The van der Waals surface area contributed by atoms with Gasteiger partial charge in [-0.05, 0) is 60.1 Å². The van der Waals surface area contributed by atoms with E-state index in [-0.39, 0.29) is 5.82 Å². The Bertz CT molecular complexity index is 755. The van der Waals surface area contributed by atoms with Gasteiger partial charge in [0.1, 0.15) is 5.82 Å². The number of nitrogens with zero attached hydrogens (tertiary/aromatic N) is 1. The Labute approximate surface area is 161 Å². The van der Waals surface area contributed by atoms with Gasteiger partial charge in [-0.2, -0.15) is 0 Å². The lowest BCUT2D eigenvalue weighted by Crippen LogP contribution is -2.31. The molecule has 0 aromatic heterocycles.